The van der Waals surface area contributed by atoms with Gasteiger partial charge in [-0.1, -0.05) is 29.8 Å². The molecule has 0 unspecified atom stereocenters. The maximum Gasteiger partial charge on any atom is 0.247 e. The number of carbonyl (C=O) groups is 1. The van der Waals surface area contributed by atoms with E-state index in [9.17, 15) is 13.6 Å². The summed E-state index contributed by atoms with van der Waals surface area (Å²) in [5, 5.41) is 4.04. The standard InChI is InChI=1S/C29H30ClF2N3O3/c30-25-4-2-1-3-20(25)19-35(23-6-7-23)29(36)27-18-33-13-14-34(27)22-8-10-24(11-9-22)37-15-16-38-28-17-21(31)5-12-26(28)32/h1-5,8-12,17,23,27,33H,6-7,13-16,18-19H2/t27-/m1/s1. The Kier molecular flexibility index (Phi) is 8.29. The van der Waals surface area contributed by atoms with Gasteiger partial charge in [0.1, 0.15) is 30.8 Å². The SMILES string of the molecule is O=C([C@H]1CNCCN1c1ccc(OCCOc2cc(F)ccc2F)cc1)N(Cc1ccccc1Cl)C1CC1. The number of benzene rings is 3. The van der Waals surface area contributed by atoms with E-state index in [0.717, 1.165) is 48.8 Å². The Bertz CT molecular complexity index is 1260. The van der Waals surface area contributed by atoms with E-state index in [2.05, 4.69) is 10.2 Å². The fourth-order valence-corrected chi connectivity index (χ4v) is 4.84. The van der Waals surface area contributed by atoms with E-state index in [4.69, 9.17) is 21.1 Å². The zero-order valence-electron chi connectivity index (χ0n) is 20.9. The Morgan fingerprint density at radius 1 is 1.03 bits per heavy atom. The van der Waals surface area contributed by atoms with Gasteiger partial charge in [0.05, 0.1) is 0 Å². The van der Waals surface area contributed by atoms with E-state index in [1.807, 2.05) is 53.4 Å². The first kappa shape index (κ1) is 26.3. The third-order valence-electron chi connectivity index (χ3n) is 6.77. The summed E-state index contributed by atoms with van der Waals surface area (Å²) in [4.78, 5) is 17.9. The van der Waals surface area contributed by atoms with Crippen molar-refractivity contribution >= 4 is 23.2 Å². The average Bonchev–Trinajstić information content (AvgIpc) is 3.78. The fourth-order valence-electron chi connectivity index (χ4n) is 4.64. The van der Waals surface area contributed by atoms with E-state index >= 15 is 0 Å². The monoisotopic (exact) mass is 541 g/mol. The normalized spacial score (nSPS) is 17.2. The number of nitrogens with one attached hydrogen (secondary N) is 1. The van der Waals surface area contributed by atoms with Gasteiger partial charge in [0, 0.05) is 49.0 Å². The maximum atomic E-state index is 13.8. The molecule has 0 aromatic heterocycles. The van der Waals surface area contributed by atoms with Crippen molar-refractivity contribution < 1.29 is 23.0 Å². The summed E-state index contributed by atoms with van der Waals surface area (Å²) < 4.78 is 38.0. The first-order chi connectivity index (χ1) is 18.5. The van der Waals surface area contributed by atoms with Crippen LogP contribution < -0.4 is 19.7 Å². The van der Waals surface area contributed by atoms with Crippen molar-refractivity contribution in [1.82, 2.24) is 10.2 Å². The molecule has 6 nitrogen and oxygen atoms in total. The number of amides is 1. The van der Waals surface area contributed by atoms with Crippen molar-refractivity contribution in [2.45, 2.75) is 31.5 Å². The molecule has 1 atom stereocenters. The molecule has 1 N–H and O–H groups in total. The molecule has 3 aromatic carbocycles. The van der Waals surface area contributed by atoms with E-state index in [1.165, 1.54) is 0 Å². The number of carbonyl (C=O) groups excluding carboxylic acids is 1. The highest BCUT2D eigenvalue weighted by Gasteiger charge is 2.39. The molecule has 1 aliphatic carbocycles. The first-order valence-electron chi connectivity index (χ1n) is 12.8. The molecule has 38 heavy (non-hydrogen) atoms. The molecule has 200 valence electrons. The van der Waals surface area contributed by atoms with E-state index in [0.29, 0.717) is 30.4 Å². The van der Waals surface area contributed by atoms with Crippen LogP contribution in [-0.4, -0.2) is 55.7 Å². The molecule has 5 rings (SSSR count). The third kappa shape index (κ3) is 6.37. The lowest BCUT2D eigenvalue weighted by molar-refractivity contribution is -0.134. The molecule has 9 heteroatoms. The summed E-state index contributed by atoms with van der Waals surface area (Å²) >= 11 is 6.40. The van der Waals surface area contributed by atoms with Gasteiger partial charge in [-0.15, -0.1) is 0 Å². The summed E-state index contributed by atoms with van der Waals surface area (Å²) in [5.74, 6) is -0.613. The molecule has 0 spiro atoms. The average molecular weight is 542 g/mol. The molecule has 1 saturated heterocycles. The Hall–Kier alpha value is -3.36. The Labute approximate surface area is 226 Å². The van der Waals surface area contributed by atoms with Crippen molar-refractivity contribution in [1.29, 1.82) is 0 Å². The van der Waals surface area contributed by atoms with Crippen molar-refractivity contribution in [3.8, 4) is 11.5 Å². The minimum absolute atomic E-state index is 0.0684. The van der Waals surface area contributed by atoms with Crippen LogP contribution in [0, 0.1) is 11.6 Å². The van der Waals surface area contributed by atoms with Crippen LogP contribution in [0.5, 0.6) is 11.5 Å². The van der Waals surface area contributed by atoms with Gasteiger partial charge < -0.3 is 24.6 Å². The fraction of sp³-hybridized carbons (Fsp3) is 0.345. The van der Waals surface area contributed by atoms with E-state index in [-0.39, 0.29) is 37.0 Å². The lowest BCUT2D eigenvalue weighted by Gasteiger charge is -2.39. The van der Waals surface area contributed by atoms with Crippen LogP contribution in [0.1, 0.15) is 18.4 Å². The Balaban J connectivity index is 1.20. The van der Waals surface area contributed by atoms with E-state index in [1.54, 1.807) is 0 Å². The van der Waals surface area contributed by atoms with Crippen LogP contribution in [0.2, 0.25) is 5.02 Å². The lowest BCUT2D eigenvalue weighted by atomic mass is 10.1. The topological polar surface area (TPSA) is 54.0 Å². The summed E-state index contributed by atoms with van der Waals surface area (Å²) in [6.45, 7) is 2.79. The molecule has 1 amide bonds. The van der Waals surface area contributed by atoms with Crippen LogP contribution in [0.15, 0.2) is 66.7 Å². The van der Waals surface area contributed by atoms with Crippen molar-refractivity contribution in [2.75, 3.05) is 37.7 Å². The van der Waals surface area contributed by atoms with Crippen molar-refractivity contribution in [2.24, 2.45) is 0 Å². The predicted octanol–water partition coefficient (Wildman–Crippen LogP) is 5.05. The van der Waals surface area contributed by atoms with E-state index < -0.39 is 11.6 Å². The summed E-state index contributed by atoms with van der Waals surface area (Å²) in [7, 11) is 0. The predicted molar refractivity (Wildman–Crippen MR) is 143 cm³/mol. The van der Waals surface area contributed by atoms with Crippen LogP contribution in [0.3, 0.4) is 0 Å². The summed E-state index contributed by atoms with van der Waals surface area (Å²) in [6.07, 6.45) is 2.02. The number of halogens is 3. The number of hydrogen-bond donors (Lipinski definition) is 1. The van der Waals surface area contributed by atoms with Crippen LogP contribution in [0.4, 0.5) is 14.5 Å². The number of ether oxygens (including phenoxy) is 2. The molecule has 1 saturated carbocycles. The van der Waals surface area contributed by atoms with Crippen LogP contribution in [-0.2, 0) is 11.3 Å². The molecule has 3 aromatic rings. The van der Waals surface area contributed by atoms with Gasteiger partial charge in [-0.25, -0.2) is 8.78 Å². The van der Waals surface area contributed by atoms with Gasteiger partial charge in [0.15, 0.2) is 11.6 Å². The number of piperazine rings is 1. The molecule has 0 bridgehead atoms. The van der Waals surface area contributed by atoms with Crippen LogP contribution in [0.25, 0.3) is 0 Å². The zero-order valence-corrected chi connectivity index (χ0v) is 21.7. The maximum absolute atomic E-state index is 13.8. The number of anilines is 1. The van der Waals surface area contributed by atoms with Gasteiger partial charge in [-0.2, -0.15) is 0 Å². The highest BCUT2D eigenvalue weighted by atomic mass is 35.5. The molecule has 1 aliphatic heterocycles. The minimum atomic E-state index is -0.622. The molecule has 0 radical (unpaired) electrons. The highest BCUT2D eigenvalue weighted by molar-refractivity contribution is 6.31. The quantitative estimate of drug-likeness (QED) is 0.364. The highest BCUT2D eigenvalue weighted by Crippen LogP contribution is 2.32. The van der Waals surface area contributed by atoms with Crippen molar-refractivity contribution in [3.63, 3.8) is 0 Å². The lowest BCUT2D eigenvalue weighted by Crippen LogP contribution is -2.59. The number of rotatable bonds is 10. The zero-order chi connectivity index (χ0) is 26.5. The first-order valence-corrected chi connectivity index (χ1v) is 13.2. The Morgan fingerprint density at radius 2 is 1.79 bits per heavy atom. The molecule has 1 heterocycles. The second kappa shape index (κ2) is 12.0. The summed E-state index contributed by atoms with van der Waals surface area (Å²) in [6, 6.07) is 18.2. The third-order valence-corrected chi connectivity index (χ3v) is 7.14. The smallest absolute Gasteiger partial charge is 0.247 e. The van der Waals surface area contributed by atoms with Gasteiger partial charge in [0.25, 0.3) is 0 Å². The second-order valence-corrected chi connectivity index (χ2v) is 9.87. The van der Waals surface area contributed by atoms with Gasteiger partial charge in [0.2, 0.25) is 5.91 Å². The number of nitrogens with zero attached hydrogens (tertiary/aromatic N) is 2. The van der Waals surface area contributed by atoms with Crippen LogP contribution >= 0.6 is 11.6 Å². The minimum Gasteiger partial charge on any atom is -0.490 e. The largest absolute Gasteiger partial charge is 0.490 e. The second-order valence-electron chi connectivity index (χ2n) is 9.47. The summed E-state index contributed by atoms with van der Waals surface area (Å²) in [5.41, 5.74) is 1.89. The van der Waals surface area contributed by atoms with Gasteiger partial charge >= 0.3 is 0 Å². The molecular formula is C29H30ClF2N3O3. The van der Waals surface area contributed by atoms with Crippen molar-refractivity contribution in [3.05, 3.63) is 89.0 Å². The molecule has 2 fully saturated rings. The van der Waals surface area contributed by atoms with Gasteiger partial charge in [-0.05, 0) is 60.9 Å². The molecule has 2 aliphatic rings. The van der Waals surface area contributed by atoms with Gasteiger partial charge in [-0.3, -0.25) is 4.79 Å². The molecular weight excluding hydrogens is 512 g/mol. The number of hydrogen-bond acceptors (Lipinski definition) is 5. The Morgan fingerprint density at radius 3 is 2.55 bits per heavy atom.